The van der Waals surface area contributed by atoms with E-state index in [-0.39, 0.29) is 0 Å². The van der Waals surface area contributed by atoms with Crippen LogP contribution < -0.4 is 11.5 Å². The summed E-state index contributed by atoms with van der Waals surface area (Å²) in [7, 11) is 0. The lowest BCUT2D eigenvalue weighted by molar-refractivity contribution is -0.123. The fraction of sp³-hybridized carbons (Fsp3) is 0.391. The molecular formula is C23H27ClN6O2S. The Morgan fingerprint density at radius 3 is 2.61 bits per heavy atom. The zero-order valence-corrected chi connectivity index (χ0v) is 20.4. The molecule has 0 saturated heterocycles. The highest BCUT2D eigenvalue weighted by Crippen LogP contribution is 2.41. The predicted molar refractivity (Wildman–Crippen MR) is 130 cm³/mol. The zero-order chi connectivity index (χ0) is 23.7. The van der Waals surface area contributed by atoms with Crippen molar-refractivity contribution in [3.63, 3.8) is 0 Å². The van der Waals surface area contributed by atoms with E-state index in [9.17, 15) is 4.79 Å². The summed E-state index contributed by atoms with van der Waals surface area (Å²) in [6.07, 6.45) is 0.398. The Labute approximate surface area is 201 Å². The summed E-state index contributed by atoms with van der Waals surface area (Å²) in [6, 6.07) is 6.94. The molecule has 4 N–H and O–H groups in total. The average molecular weight is 487 g/mol. The van der Waals surface area contributed by atoms with Gasteiger partial charge in [0.25, 0.3) is 0 Å². The quantitative estimate of drug-likeness (QED) is 0.473. The fourth-order valence-corrected chi connectivity index (χ4v) is 5.42. The lowest BCUT2D eigenvalue weighted by atomic mass is 9.94. The molecule has 10 heteroatoms. The van der Waals surface area contributed by atoms with Crippen molar-refractivity contribution in [1.29, 1.82) is 0 Å². The maximum atomic E-state index is 12.6. The van der Waals surface area contributed by atoms with Gasteiger partial charge in [-0.3, -0.25) is 14.4 Å². The molecule has 0 radical (unpaired) electrons. The van der Waals surface area contributed by atoms with Gasteiger partial charge in [0, 0.05) is 34.2 Å². The minimum absolute atomic E-state index is 0.347. The highest BCUT2D eigenvalue weighted by molar-refractivity contribution is 7.15. The van der Waals surface area contributed by atoms with E-state index in [0.717, 1.165) is 33.2 Å². The molecule has 174 valence electrons. The van der Waals surface area contributed by atoms with Crippen molar-refractivity contribution < 1.29 is 9.53 Å². The number of nitrogens with zero attached hydrogens (tertiary/aromatic N) is 4. The molecule has 0 fully saturated rings. The van der Waals surface area contributed by atoms with Crippen molar-refractivity contribution >= 4 is 34.6 Å². The van der Waals surface area contributed by atoms with E-state index in [4.69, 9.17) is 32.8 Å². The first-order chi connectivity index (χ1) is 15.8. The molecule has 0 aliphatic carbocycles. The number of amides is 1. The third-order valence-corrected chi connectivity index (χ3v) is 7.33. The number of hydrogen-bond donors (Lipinski definition) is 2. The molecule has 1 aliphatic heterocycles. The van der Waals surface area contributed by atoms with Crippen LogP contribution in [0.5, 0.6) is 0 Å². The van der Waals surface area contributed by atoms with Gasteiger partial charge in [0.1, 0.15) is 16.9 Å². The van der Waals surface area contributed by atoms with E-state index in [2.05, 4.69) is 24.0 Å². The van der Waals surface area contributed by atoms with Crippen molar-refractivity contribution in [2.24, 2.45) is 22.4 Å². The number of aliphatic imine (C=N–C) groups is 1. The van der Waals surface area contributed by atoms with Crippen LogP contribution in [0.4, 0.5) is 0 Å². The van der Waals surface area contributed by atoms with Gasteiger partial charge in [0.05, 0.1) is 18.2 Å². The van der Waals surface area contributed by atoms with Crippen molar-refractivity contribution in [1.82, 2.24) is 14.8 Å². The molecule has 3 aromatic rings. The molecule has 0 spiro atoms. The molecule has 8 nitrogen and oxygen atoms in total. The second-order valence-corrected chi connectivity index (χ2v) is 9.67. The average Bonchev–Trinajstić information content (AvgIpc) is 3.25. The largest absolute Gasteiger partial charge is 0.380 e. The fourth-order valence-electron chi connectivity index (χ4n) is 4.08. The van der Waals surface area contributed by atoms with Gasteiger partial charge in [-0.05, 0) is 44.9 Å². The van der Waals surface area contributed by atoms with E-state index in [1.807, 2.05) is 35.8 Å². The molecule has 1 aliphatic rings. The number of halogens is 1. The lowest BCUT2D eigenvalue weighted by Crippen LogP contribution is -2.31. The van der Waals surface area contributed by atoms with Crippen molar-refractivity contribution in [2.75, 3.05) is 19.8 Å². The van der Waals surface area contributed by atoms with Crippen LogP contribution in [0.3, 0.4) is 0 Å². The molecular weight excluding hydrogens is 460 g/mol. The van der Waals surface area contributed by atoms with Crippen LogP contribution >= 0.6 is 22.9 Å². The molecule has 2 aromatic heterocycles. The molecule has 2 atom stereocenters. The van der Waals surface area contributed by atoms with Crippen molar-refractivity contribution in [2.45, 2.75) is 33.2 Å². The van der Waals surface area contributed by atoms with E-state index in [1.54, 1.807) is 11.3 Å². The van der Waals surface area contributed by atoms with Crippen LogP contribution in [0.15, 0.2) is 29.3 Å². The van der Waals surface area contributed by atoms with Crippen LogP contribution in [0.2, 0.25) is 5.02 Å². The van der Waals surface area contributed by atoms with Gasteiger partial charge in [-0.1, -0.05) is 23.7 Å². The first-order valence-electron chi connectivity index (χ1n) is 10.8. The monoisotopic (exact) mass is 486 g/mol. The molecule has 1 aromatic carbocycles. The predicted octanol–water partition coefficient (Wildman–Crippen LogP) is 3.27. The Balaban J connectivity index is 1.92. The van der Waals surface area contributed by atoms with E-state index < -0.39 is 17.9 Å². The van der Waals surface area contributed by atoms with Gasteiger partial charge in [-0.25, -0.2) is 0 Å². The summed E-state index contributed by atoms with van der Waals surface area (Å²) in [4.78, 5) is 18.9. The summed E-state index contributed by atoms with van der Waals surface area (Å²) in [5.74, 6) is 0.248. The minimum atomic E-state index is -0.622. The number of thiophene rings is 1. The number of ether oxygens (including phenoxy) is 1. The number of rotatable bonds is 8. The minimum Gasteiger partial charge on any atom is -0.380 e. The van der Waals surface area contributed by atoms with Crippen LogP contribution in [0.25, 0.3) is 5.00 Å². The number of fused-ring (bicyclic) bond motifs is 3. The highest BCUT2D eigenvalue weighted by Gasteiger charge is 2.37. The number of carbonyl (C=O) groups excluding carboxylic acids is 1. The Morgan fingerprint density at radius 2 is 1.94 bits per heavy atom. The summed E-state index contributed by atoms with van der Waals surface area (Å²) < 4.78 is 7.56. The molecule has 2 unspecified atom stereocenters. The summed E-state index contributed by atoms with van der Waals surface area (Å²) in [5, 5.41) is 10.4. The molecule has 0 bridgehead atoms. The molecule has 1 amide bonds. The number of hydrogen-bond acceptors (Lipinski definition) is 7. The second-order valence-electron chi connectivity index (χ2n) is 8.03. The maximum Gasteiger partial charge on any atom is 0.223 e. The third kappa shape index (κ3) is 4.46. The van der Waals surface area contributed by atoms with E-state index in [0.29, 0.717) is 37.0 Å². The maximum absolute atomic E-state index is 12.6. The number of aromatic nitrogens is 3. The number of nitrogens with two attached hydrogens (primary N) is 2. The van der Waals surface area contributed by atoms with Gasteiger partial charge >= 0.3 is 0 Å². The van der Waals surface area contributed by atoms with Gasteiger partial charge < -0.3 is 16.2 Å². The first kappa shape index (κ1) is 23.6. The van der Waals surface area contributed by atoms with Crippen LogP contribution in [-0.4, -0.2) is 46.1 Å². The topological polar surface area (TPSA) is 121 Å². The van der Waals surface area contributed by atoms with E-state index in [1.165, 1.54) is 4.88 Å². The molecule has 4 rings (SSSR count). The zero-order valence-electron chi connectivity index (χ0n) is 18.8. The second kappa shape index (κ2) is 9.72. The molecule has 33 heavy (non-hydrogen) atoms. The van der Waals surface area contributed by atoms with Gasteiger partial charge in [-0.2, -0.15) is 0 Å². The summed E-state index contributed by atoms with van der Waals surface area (Å²) in [6.45, 7) is 7.25. The van der Waals surface area contributed by atoms with Crippen LogP contribution in [0, 0.1) is 26.7 Å². The van der Waals surface area contributed by atoms with E-state index >= 15 is 0 Å². The summed E-state index contributed by atoms with van der Waals surface area (Å²) in [5.41, 5.74) is 15.2. The Morgan fingerprint density at radius 1 is 1.21 bits per heavy atom. The van der Waals surface area contributed by atoms with Crippen molar-refractivity contribution in [3.8, 4) is 5.00 Å². The molecule has 3 heterocycles. The van der Waals surface area contributed by atoms with Crippen molar-refractivity contribution in [3.05, 3.63) is 62.5 Å². The van der Waals surface area contributed by atoms with Gasteiger partial charge in [0.15, 0.2) is 5.82 Å². The highest BCUT2D eigenvalue weighted by atomic mass is 35.5. The first-order valence-corrected chi connectivity index (χ1v) is 12.0. The van der Waals surface area contributed by atoms with Crippen LogP contribution in [0.1, 0.15) is 45.7 Å². The Bertz CT molecular complexity index is 1200. The molecule has 0 saturated carbocycles. The SMILES string of the molecule is Cc1sc2c(c1C)C(c1ccc(Cl)cc1)=NC(C(CCOCCN)C(N)=O)c1nnc(C)n1-2. The Kier molecular flexibility index (Phi) is 6.94. The lowest BCUT2D eigenvalue weighted by Gasteiger charge is -2.21. The summed E-state index contributed by atoms with van der Waals surface area (Å²) >= 11 is 7.82. The number of primary amides is 1. The number of benzene rings is 1. The van der Waals surface area contributed by atoms with Gasteiger partial charge in [0.2, 0.25) is 5.91 Å². The third-order valence-electron chi connectivity index (χ3n) is 5.89. The standard InChI is InChI=1S/C23H27ClN6O2S/c1-12-13(2)33-23-18(12)19(15-4-6-16(24)7-5-15)27-20(22-29-28-14(3)30(22)23)17(21(26)31)8-10-32-11-9-25/h4-7,17,20H,8-11,25H2,1-3H3,(H2,26,31). The normalized spacial score (nSPS) is 16.0. The smallest absolute Gasteiger partial charge is 0.223 e. The van der Waals surface area contributed by atoms with Crippen LogP contribution in [-0.2, 0) is 9.53 Å². The van der Waals surface area contributed by atoms with Gasteiger partial charge in [-0.15, -0.1) is 21.5 Å². The Hall–Kier alpha value is -2.59. The number of aryl methyl sites for hydroxylation is 2. The number of carbonyl (C=O) groups is 1.